The van der Waals surface area contributed by atoms with Crippen LogP contribution >= 0.6 is 35.6 Å². The van der Waals surface area contributed by atoms with Gasteiger partial charge in [-0.1, -0.05) is 23.2 Å². The summed E-state index contributed by atoms with van der Waals surface area (Å²) in [7, 11) is 3.48. The molecule has 0 saturated carbocycles. The van der Waals surface area contributed by atoms with Crippen molar-refractivity contribution in [1.82, 2.24) is 5.32 Å². The molecular weight excluding hydrogens is 270 g/mol. The molecule has 0 heterocycles. The van der Waals surface area contributed by atoms with Crippen molar-refractivity contribution in [2.24, 2.45) is 4.99 Å². The van der Waals surface area contributed by atoms with Crippen molar-refractivity contribution in [3.05, 3.63) is 28.2 Å². The first-order valence-corrected chi connectivity index (χ1v) is 5.14. The number of amidine groups is 1. The molecule has 0 fully saturated rings. The fourth-order valence-electron chi connectivity index (χ4n) is 0.987. The van der Waals surface area contributed by atoms with Crippen LogP contribution in [0, 0.1) is 0 Å². The highest BCUT2D eigenvalue weighted by atomic mass is 35.5. The van der Waals surface area contributed by atoms with Gasteiger partial charge >= 0.3 is 0 Å². The van der Waals surface area contributed by atoms with Gasteiger partial charge in [0.05, 0.1) is 5.02 Å². The van der Waals surface area contributed by atoms with Crippen LogP contribution in [0.2, 0.25) is 10.0 Å². The molecule has 0 amide bonds. The van der Waals surface area contributed by atoms with E-state index < -0.39 is 0 Å². The lowest BCUT2D eigenvalue weighted by Crippen LogP contribution is -2.25. The number of nitrogens with one attached hydrogen (secondary N) is 1. The quantitative estimate of drug-likeness (QED) is 0.683. The SMILES string of the molecule is CN=C(COc1ccc(Cl)cc1Cl)NC.Cl. The minimum absolute atomic E-state index is 0. The van der Waals surface area contributed by atoms with E-state index in [1.165, 1.54) is 0 Å². The summed E-state index contributed by atoms with van der Waals surface area (Å²) in [6, 6.07) is 5.10. The molecule has 0 spiro atoms. The number of ether oxygens (including phenoxy) is 1. The number of halogens is 3. The first-order valence-electron chi connectivity index (χ1n) is 4.38. The molecule has 1 rings (SSSR count). The second-order valence-corrected chi connectivity index (χ2v) is 3.63. The first-order chi connectivity index (χ1) is 7.17. The lowest BCUT2D eigenvalue weighted by atomic mass is 10.3. The molecule has 0 bridgehead atoms. The van der Waals surface area contributed by atoms with Crippen molar-refractivity contribution in [2.45, 2.75) is 0 Å². The third-order valence-electron chi connectivity index (χ3n) is 1.82. The number of hydrogen-bond acceptors (Lipinski definition) is 2. The summed E-state index contributed by atoms with van der Waals surface area (Å²) in [6.45, 7) is 0.356. The van der Waals surface area contributed by atoms with Gasteiger partial charge in [0, 0.05) is 19.1 Å². The Labute approximate surface area is 111 Å². The molecule has 90 valence electrons. The molecule has 0 aliphatic rings. The van der Waals surface area contributed by atoms with E-state index in [9.17, 15) is 0 Å². The molecule has 1 aromatic carbocycles. The lowest BCUT2D eigenvalue weighted by Gasteiger charge is -2.09. The predicted octanol–water partition coefficient (Wildman–Crippen LogP) is 3.04. The minimum Gasteiger partial charge on any atom is -0.484 e. The van der Waals surface area contributed by atoms with Crippen molar-refractivity contribution in [1.29, 1.82) is 0 Å². The van der Waals surface area contributed by atoms with Gasteiger partial charge in [-0.2, -0.15) is 0 Å². The average molecular weight is 284 g/mol. The Bertz CT molecular complexity index is 369. The fraction of sp³-hybridized carbons (Fsp3) is 0.300. The molecule has 0 radical (unpaired) electrons. The molecular formula is C10H13Cl3N2O. The number of benzene rings is 1. The van der Waals surface area contributed by atoms with Crippen molar-refractivity contribution in [3.63, 3.8) is 0 Å². The molecule has 0 aromatic heterocycles. The Kier molecular flexibility index (Phi) is 7.30. The Hall–Kier alpha value is -0.640. The van der Waals surface area contributed by atoms with Crippen LogP contribution in [0.1, 0.15) is 0 Å². The van der Waals surface area contributed by atoms with E-state index in [0.717, 1.165) is 5.84 Å². The highest BCUT2D eigenvalue weighted by Gasteiger charge is 2.03. The summed E-state index contributed by atoms with van der Waals surface area (Å²) in [6.07, 6.45) is 0. The van der Waals surface area contributed by atoms with Gasteiger partial charge in [0.15, 0.2) is 0 Å². The van der Waals surface area contributed by atoms with Crippen LogP contribution in [-0.2, 0) is 0 Å². The second kappa shape index (κ2) is 7.60. The van der Waals surface area contributed by atoms with E-state index in [1.54, 1.807) is 32.3 Å². The molecule has 16 heavy (non-hydrogen) atoms. The standard InChI is InChI=1S/C10H12Cl2N2O.ClH/c1-13-10(14-2)6-15-9-4-3-7(11)5-8(9)12;/h3-5H,6H2,1-2H3,(H,13,14);1H. The van der Waals surface area contributed by atoms with E-state index in [1.807, 2.05) is 0 Å². The van der Waals surface area contributed by atoms with Gasteiger partial charge in [-0.05, 0) is 18.2 Å². The van der Waals surface area contributed by atoms with Crippen LogP contribution in [0.4, 0.5) is 0 Å². The van der Waals surface area contributed by atoms with Crippen LogP contribution in [0.15, 0.2) is 23.2 Å². The largest absolute Gasteiger partial charge is 0.484 e. The molecule has 0 saturated heterocycles. The Balaban J connectivity index is 0.00000225. The maximum atomic E-state index is 5.93. The number of aliphatic imine (C=N–C) groups is 1. The minimum atomic E-state index is 0. The molecule has 1 aromatic rings. The third-order valence-corrected chi connectivity index (χ3v) is 2.35. The van der Waals surface area contributed by atoms with Gasteiger partial charge in [0.1, 0.15) is 18.2 Å². The van der Waals surface area contributed by atoms with E-state index in [-0.39, 0.29) is 12.4 Å². The predicted molar refractivity (Wildman–Crippen MR) is 71.6 cm³/mol. The fourth-order valence-corrected chi connectivity index (χ4v) is 1.45. The van der Waals surface area contributed by atoms with Crippen molar-refractivity contribution in [3.8, 4) is 5.75 Å². The maximum absolute atomic E-state index is 5.93. The lowest BCUT2D eigenvalue weighted by molar-refractivity contribution is 0.373. The summed E-state index contributed by atoms with van der Waals surface area (Å²) < 4.78 is 5.45. The summed E-state index contributed by atoms with van der Waals surface area (Å²) in [5.41, 5.74) is 0. The van der Waals surface area contributed by atoms with E-state index in [4.69, 9.17) is 27.9 Å². The normalized spacial score (nSPS) is 10.6. The van der Waals surface area contributed by atoms with Gasteiger partial charge < -0.3 is 10.1 Å². The molecule has 6 heteroatoms. The summed E-state index contributed by atoms with van der Waals surface area (Å²) in [5.74, 6) is 1.35. The van der Waals surface area contributed by atoms with Crippen molar-refractivity contribution in [2.75, 3.05) is 20.7 Å². The number of rotatable bonds is 3. The summed E-state index contributed by atoms with van der Waals surface area (Å²) >= 11 is 11.7. The molecule has 3 nitrogen and oxygen atoms in total. The molecule has 0 aliphatic carbocycles. The average Bonchev–Trinajstić information content (AvgIpc) is 2.22. The van der Waals surface area contributed by atoms with Crippen LogP contribution in [0.5, 0.6) is 5.75 Å². The third kappa shape index (κ3) is 4.47. The monoisotopic (exact) mass is 282 g/mol. The van der Waals surface area contributed by atoms with Gasteiger partial charge in [-0.15, -0.1) is 12.4 Å². The maximum Gasteiger partial charge on any atom is 0.145 e. The van der Waals surface area contributed by atoms with E-state index in [2.05, 4.69) is 10.3 Å². The van der Waals surface area contributed by atoms with Gasteiger partial charge in [-0.25, -0.2) is 0 Å². The number of hydrogen-bond donors (Lipinski definition) is 1. The summed E-state index contributed by atoms with van der Waals surface area (Å²) in [5, 5.41) is 3.99. The van der Waals surface area contributed by atoms with Crippen LogP contribution in [-0.4, -0.2) is 26.5 Å². The zero-order chi connectivity index (χ0) is 11.3. The van der Waals surface area contributed by atoms with Crippen LogP contribution < -0.4 is 10.1 Å². The molecule has 1 N–H and O–H groups in total. The van der Waals surface area contributed by atoms with E-state index in [0.29, 0.717) is 22.4 Å². The Morgan fingerprint density at radius 3 is 2.62 bits per heavy atom. The van der Waals surface area contributed by atoms with Crippen LogP contribution in [0.3, 0.4) is 0 Å². The molecule has 0 atom stereocenters. The molecule has 0 unspecified atom stereocenters. The Morgan fingerprint density at radius 2 is 2.12 bits per heavy atom. The smallest absolute Gasteiger partial charge is 0.145 e. The number of likely N-dealkylation sites (N-methyl/N-ethyl adjacent to an activating group) is 1. The first kappa shape index (κ1) is 15.4. The van der Waals surface area contributed by atoms with Crippen molar-refractivity contribution < 1.29 is 4.74 Å². The van der Waals surface area contributed by atoms with Crippen molar-refractivity contribution >= 4 is 41.4 Å². The summed E-state index contributed by atoms with van der Waals surface area (Å²) in [4.78, 5) is 3.98. The highest BCUT2D eigenvalue weighted by molar-refractivity contribution is 6.35. The topological polar surface area (TPSA) is 33.6 Å². The second-order valence-electron chi connectivity index (χ2n) is 2.78. The highest BCUT2D eigenvalue weighted by Crippen LogP contribution is 2.27. The van der Waals surface area contributed by atoms with Gasteiger partial charge in [0.2, 0.25) is 0 Å². The van der Waals surface area contributed by atoms with Crippen LogP contribution in [0.25, 0.3) is 0 Å². The van der Waals surface area contributed by atoms with E-state index >= 15 is 0 Å². The zero-order valence-corrected chi connectivity index (χ0v) is 11.3. The Morgan fingerprint density at radius 1 is 1.44 bits per heavy atom. The number of nitrogens with zero attached hydrogens (tertiary/aromatic N) is 1. The van der Waals surface area contributed by atoms with Gasteiger partial charge in [-0.3, -0.25) is 4.99 Å². The van der Waals surface area contributed by atoms with Gasteiger partial charge in [0.25, 0.3) is 0 Å². The zero-order valence-electron chi connectivity index (χ0n) is 8.96. The molecule has 0 aliphatic heterocycles.